The maximum absolute atomic E-state index is 12.1. The Bertz CT molecular complexity index is 855. The van der Waals surface area contributed by atoms with Gasteiger partial charge < -0.3 is 9.92 Å². The van der Waals surface area contributed by atoms with Crippen LogP contribution in [0.4, 0.5) is 11.4 Å². The van der Waals surface area contributed by atoms with Crippen LogP contribution in [-0.4, -0.2) is 13.3 Å². The molecule has 7 nitrogen and oxygen atoms in total. The molecule has 0 aromatic heterocycles. The largest absolute Gasteiger partial charge is 0.393 e. The van der Waals surface area contributed by atoms with Gasteiger partial charge in [-0.1, -0.05) is 23.2 Å². The van der Waals surface area contributed by atoms with E-state index in [1.165, 1.54) is 24.3 Å². The van der Waals surface area contributed by atoms with Crippen LogP contribution in [-0.2, 0) is 10.1 Å². The third kappa shape index (κ3) is 3.41. The van der Waals surface area contributed by atoms with E-state index in [0.29, 0.717) is 0 Å². The molecule has 10 heteroatoms. The van der Waals surface area contributed by atoms with E-state index in [1.807, 2.05) is 0 Å². The molecule has 2 aromatic carbocycles. The van der Waals surface area contributed by atoms with E-state index in [4.69, 9.17) is 33.1 Å². The molecule has 0 atom stereocenters. The van der Waals surface area contributed by atoms with Gasteiger partial charge in [0.1, 0.15) is 16.3 Å². The first-order valence-electron chi connectivity index (χ1n) is 5.64. The van der Waals surface area contributed by atoms with Crippen LogP contribution in [0.15, 0.2) is 41.3 Å². The van der Waals surface area contributed by atoms with Crippen LogP contribution < -0.4 is 9.92 Å². The number of nitrogens with two attached hydrogens (primary N) is 1. The van der Waals surface area contributed by atoms with Crippen LogP contribution >= 0.6 is 23.2 Å². The average molecular weight is 363 g/mol. The van der Waals surface area contributed by atoms with E-state index >= 15 is 0 Å². The summed E-state index contributed by atoms with van der Waals surface area (Å²) in [6, 6.07) is 6.92. The van der Waals surface area contributed by atoms with Crippen molar-refractivity contribution < 1.29 is 17.5 Å². The van der Waals surface area contributed by atoms with Gasteiger partial charge in [0.15, 0.2) is 0 Å². The highest BCUT2D eigenvalue weighted by Gasteiger charge is 2.20. The molecule has 2 N–H and O–H groups in total. The third-order valence-corrected chi connectivity index (χ3v) is 4.57. The number of hydrogen-bond donors (Lipinski definition) is 1. The van der Waals surface area contributed by atoms with Crippen molar-refractivity contribution in [3.05, 3.63) is 56.6 Å². The molecule has 0 aliphatic carbocycles. The van der Waals surface area contributed by atoms with Crippen LogP contribution in [0.25, 0.3) is 0 Å². The van der Waals surface area contributed by atoms with E-state index in [9.17, 15) is 18.5 Å². The van der Waals surface area contributed by atoms with Gasteiger partial charge in [0.05, 0.1) is 21.0 Å². The minimum atomic E-state index is -4.21. The molecule has 0 saturated heterocycles. The van der Waals surface area contributed by atoms with Gasteiger partial charge in [0.2, 0.25) is 0 Å². The normalized spacial score (nSPS) is 11.2. The first kappa shape index (κ1) is 16.3. The Morgan fingerprint density at radius 2 is 1.77 bits per heavy atom. The smallest absolute Gasteiger partial charge is 0.339 e. The fourth-order valence-corrected chi connectivity index (χ4v) is 2.85. The van der Waals surface area contributed by atoms with Crippen LogP contribution in [0.5, 0.6) is 5.75 Å². The van der Waals surface area contributed by atoms with Gasteiger partial charge in [-0.05, 0) is 30.3 Å². The van der Waals surface area contributed by atoms with E-state index < -0.39 is 20.7 Å². The van der Waals surface area contributed by atoms with Crippen molar-refractivity contribution in [1.29, 1.82) is 0 Å². The Morgan fingerprint density at radius 3 is 2.36 bits per heavy atom. The highest BCUT2D eigenvalue weighted by Crippen LogP contribution is 2.30. The van der Waals surface area contributed by atoms with Gasteiger partial charge >= 0.3 is 10.1 Å². The molecule has 0 unspecified atom stereocenters. The molecular formula is C12H8Cl2N2O5S. The lowest BCUT2D eigenvalue weighted by atomic mass is 10.2. The Hall–Kier alpha value is -2.03. The number of rotatable bonds is 4. The summed E-state index contributed by atoms with van der Waals surface area (Å²) in [4.78, 5) is 9.80. The van der Waals surface area contributed by atoms with Crippen LogP contribution in [0.1, 0.15) is 0 Å². The molecule has 0 amide bonds. The van der Waals surface area contributed by atoms with Crippen molar-refractivity contribution >= 4 is 44.7 Å². The highest BCUT2D eigenvalue weighted by atomic mass is 35.5. The quantitative estimate of drug-likeness (QED) is 0.386. The number of anilines is 1. The van der Waals surface area contributed by atoms with Crippen molar-refractivity contribution in [1.82, 2.24) is 0 Å². The lowest BCUT2D eigenvalue weighted by molar-refractivity contribution is -0.383. The topological polar surface area (TPSA) is 113 Å². The zero-order valence-corrected chi connectivity index (χ0v) is 13.0. The Labute approximate surface area is 135 Å². The molecular weight excluding hydrogens is 355 g/mol. The minimum Gasteiger partial charge on any atom is -0.393 e. The summed E-state index contributed by atoms with van der Waals surface area (Å²) >= 11 is 11.5. The fourth-order valence-electron chi connectivity index (χ4n) is 1.54. The summed E-state index contributed by atoms with van der Waals surface area (Å²) in [7, 11) is -4.21. The van der Waals surface area contributed by atoms with E-state index in [0.717, 1.165) is 12.1 Å². The number of nitro benzene ring substituents is 1. The second-order valence-electron chi connectivity index (χ2n) is 4.09. The second-order valence-corrected chi connectivity index (χ2v) is 6.45. The molecule has 2 aromatic rings. The summed E-state index contributed by atoms with van der Waals surface area (Å²) in [5.41, 5.74) is 4.86. The minimum absolute atomic E-state index is 0.0367. The predicted molar refractivity (Wildman–Crippen MR) is 81.8 cm³/mol. The van der Waals surface area contributed by atoms with Crippen molar-refractivity contribution in [2.45, 2.75) is 4.90 Å². The fraction of sp³-hybridized carbons (Fsp3) is 0. The van der Waals surface area contributed by atoms with E-state index in [2.05, 4.69) is 0 Å². The lowest BCUT2D eigenvalue weighted by Crippen LogP contribution is -2.10. The number of nitro groups is 1. The van der Waals surface area contributed by atoms with Gasteiger partial charge in [0.25, 0.3) is 5.69 Å². The highest BCUT2D eigenvalue weighted by molar-refractivity contribution is 7.87. The summed E-state index contributed by atoms with van der Waals surface area (Å²) in [6.45, 7) is 0. The van der Waals surface area contributed by atoms with Crippen LogP contribution in [0.2, 0.25) is 10.0 Å². The Kier molecular flexibility index (Phi) is 4.45. The third-order valence-electron chi connectivity index (χ3n) is 2.58. The van der Waals surface area contributed by atoms with Crippen molar-refractivity contribution in [3.8, 4) is 5.75 Å². The molecule has 116 valence electrons. The van der Waals surface area contributed by atoms with Crippen molar-refractivity contribution in [2.75, 3.05) is 5.73 Å². The number of nitrogen functional groups attached to an aromatic ring is 1. The Morgan fingerprint density at radius 1 is 1.09 bits per heavy atom. The number of benzene rings is 2. The SMILES string of the molecule is Nc1ccc(OS(=O)(=O)c2ccc(Cl)c(Cl)c2)cc1[N+](=O)[O-]. The standard InChI is InChI=1S/C12H8Cl2N2O5S/c13-9-3-2-8(6-10(9)14)22(19,20)21-7-1-4-11(15)12(5-7)16(17)18/h1-6H,15H2. The molecule has 0 saturated carbocycles. The second kappa shape index (κ2) is 5.99. The summed E-state index contributed by atoms with van der Waals surface area (Å²) in [5.74, 6) is -0.244. The average Bonchev–Trinajstić information content (AvgIpc) is 2.43. The molecule has 0 radical (unpaired) electrons. The summed E-state index contributed by atoms with van der Waals surface area (Å²) in [5, 5.41) is 11.0. The zero-order valence-electron chi connectivity index (χ0n) is 10.7. The van der Waals surface area contributed by atoms with Crippen molar-refractivity contribution in [2.24, 2.45) is 0 Å². The monoisotopic (exact) mass is 362 g/mol. The molecule has 2 rings (SSSR count). The van der Waals surface area contributed by atoms with E-state index in [-0.39, 0.29) is 26.4 Å². The van der Waals surface area contributed by atoms with E-state index in [1.54, 1.807) is 0 Å². The first-order valence-corrected chi connectivity index (χ1v) is 7.80. The van der Waals surface area contributed by atoms with Gasteiger partial charge in [-0.2, -0.15) is 8.42 Å². The molecule has 22 heavy (non-hydrogen) atoms. The van der Waals surface area contributed by atoms with Gasteiger partial charge in [-0.3, -0.25) is 10.1 Å². The molecule has 0 heterocycles. The summed E-state index contributed by atoms with van der Waals surface area (Å²) < 4.78 is 29.1. The first-order chi connectivity index (χ1) is 10.2. The number of nitrogens with zero attached hydrogens (tertiary/aromatic N) is 1. The number of hydrogen-bond acceptors (Lipinski definition) is 6. The van der Waals surface area contributed by atoms with Crippen molar-refractivity contribution in [3.63, 3.8) is 0 Å². The molecule has 0 spiro atoms. The van der Waals surface area contributed by atoms with Gasteiger partial charge in [-0.25, -0.2) is 0 Å². The molecule has 0 bridgehead atoms. The van der Waals surface area contributed by atoms with Crippen LogP contribution in [0, 0.1) is 10.1 Å². The molecule has 0 aliphatic rings. The zero-order chi connectivity index (χ0) is 16.5. The van der Waals surface area contributed by atoms with Crippen LogP contribution in [0.3, 0.4) is 0 Å². The van der Waals surface area contributed by atoms with Gasteiger partial charge in [-0.15, -0.1) is 0 Å². The molecule has 0 fully saturated rings. The Balaban J connectivity index is 2.38. The number of halogens is 2. The maximum atomic E-state index is 12.1. The van der Waals surface area contributed by atoms with Gasteiger partial charge in [0, 0.05) is 0 Å². The maximum Gasteiger partial charge on any atom is 0.339 e. The molecule has 0 aliphatic heterocycles. The lowest BCUT2D eigenvalue weighted by Gasteiger charge is -2.08. The predicted octanol–water partition coefficient (Wildman–Crippen LogP) is 3.25. The summed E-state index contributed by atoms with van der Waals surface area (Å²) in [6.07, 6.45) is 0.